The summed E-state index contributed by atoms with van der Waals surface area (Å²) >= 11 is 0. The Hall–Kier alpha value is -1.74. The van der Waals surface area contributed by atoms with Crippen LogP contribution in [-0.4, -0.2) is 10.1 Å². The molecule has 2 rings (SSSR count). The number of aliphatic hydroxyl groups is 1. The van der Waals surface area contributed by atoms with Gasteiger partial charge in [-0.3, -0.25) is 4.98 Å². The monoisotopic (exact) mass is 245 g/mol. The number of benzene rings is 1. The molecule has 0 radical (unpaired) electrons. The zero-order valence-corrected chi connectivity index (χ0v) is 10.7. The van der Waals surface area contributed by atoms with E-state index in [2.05, 4.69) is 4.98 Å². The Bertz CT molecular complexity index is 581. The highest BCUT2D eigenvalue weighted by atomic mass is 19.1. The van der Waals surface area contributed by atoms with Crippen LogP contribution < -0.4 is 0 Å². The standard InChI is InChI=1S/C15H16FNO/c1-9-4-11(3)14(5-10(9)2)15(18)12-6-13(16)8-17-7-12/h4-8,15,18H,1-3H3. The van der Waals surface area contributed by atoms with Crippen LogP contribution in [0.25, 0.3) is 0 Å². The van der Waals surface area contributed by atoms with E-state index in [4.69, 9.17) is 0 Å². The maximum Gasteiger partial charge on any atom is 0.141 e. The maximum absolute atomic E-state index is 13.1. The quantitative estimate of drug-likeness (QED) is 0.881. The van der Waals surface area contributed by atoms with Crippen molar-refractivity contribution < 1.29 is 9.50 Å². The highest BCUT2D eigenvalue weighted by Crippen LogP contribution is 2.26. The summed E-state index contributed by atoms with van der Waals surface area (Å²) in [4.78, 5) is 3.77. The SMILES string of the molecule is Cc1cc(C)c(C(O)c2cncc(F)c2)cc1C. The summed E-state index contributed by atoms with van der Waals surface area (Å²) in [5.41, 5.74) is 4.56. The molecule has 94 valence electrons. The van der Waals surface area contributed by atoms with E-state index >= 15 is 0 Å². The van der Waals surface area contributed by atoms with Crippen molar-refractivity contribution in [3.63, 3.8) is 0 Å². The molecule has 0 bridgehead atoms. The molecule has 0 aliphatic rings. The minimum absolute atomic E-state index is 0.437. The Labute approximate surface area is 106 Å². The summed E-state index contributed by atoms with van der Waals surface area (Å²) in [6.45, 7) is 5.97. The van der Waals surface area contributed by atoms with Crippen LogP contribution in [0.5, 0.6) is 0 Å². The highest BCUT2D eigenvalue weighted by Gasteiger charge is 2.15. The van der Waals surface area contributed by atoms with E-state index in [0.717, 1.165) is 22.9 Å². The normalized spacial score (nSPS) is 12.5. The molecule has 0 aliphatic carbocycles. The fourth-order valence-electron chi connectivity index (χ4n) is 2.03. The fraction of sp³-hybridized carbons (Fsp3) is 0.267. The van der Waals surface area contributed by atoms with E-state index in [1.807, 2.05) is 32.9 Å². The first-order chi connectivity index (χ1) is 8.49. The average Bonchev–Trinajstić information content (AvgIpc) is 2.33. The second-order valence-electron chi connectivity index (χ2n) is 4.63. The van der Waals surface area contributed by atoms with Crippen molar-refractivity contribution in [2.45, 2.75) is 26.9 Å². The number of pyridine rings is 1. The van der Waals surface area contributed by atoms with Crippen molar-refractivity contribution in [3.8, 4) is 0 Å². The van der Waals surface area contributed by atoms with Crippen LogP contribution in [0.15, 0.2) is 30.6 Å². The van der Waals surface area contributed by atoms with Gasteiger partial charge in [0.1, 0.15) is 11.9 Å². The van der Waals surface area contributed by atoms with Gasteiger partial charge in [0.25, 0.3) is 0 Å². The van der Waals surface area contributed by atoms with Crippen LogP contribution >= 0.6 is 0 Å². The summed E-state index contributed by atoms with van der Waals surface area (Å²) in [7, 11) is 0. The third kappa shape index (κ3) is 2.41. The Morgan fingerprint density at radius 3 is 2.33 bits per heavy atom. The summed E-state index contributed by atoms with van der Waals surface area (Å²) in [5.74, 6) is -0.437. The Morgan fingerprint density at radius 1 is 1.00 bits per heavy atom. The molecule has 1 aromatic carbocycles. The largest absolute Gasteiger partial charge is 0.384 e. The van der Waals surface area contributed by atoms with Gasteiger partial charge >= 0.3 is 0 Å². The molecule has 1 aromatic heterocycles. The number of hydrogen-bond donors (Lipinski definition) is 1. The molecule has 18 heavy (non-hydrogen) atoms. The van der Waals surface area contributed by atoms with Crippen LogP contribution in [0.3, 0.4) is 0 Å². The number of aromatic nitrogens is 1. The number of aliphatic hydroxyl groups excluding tert-OH is 1. The topological polar surface area (TPSA) is 33.1 Å². The van der Waals surface area contributed by atoms with E-state index in [-0.39, 0.29) is 0 Å². The molecule has 3 heteroatoms. The van der Waals surface area contributed by atoms with Gasteiger partial charge in [-0.1, -0.05) is 12.1 Å². The third-order valence-corrected chi connectivity index (χ3v) is 3.22. The van der Waals surface area contributed by atoms with Gasteiger partial charge in [0.15, 0.2) is 0 Å². The lowest BCUT2D eigenvalue weighted by Gasteiger charge is -2.16. The van der Waals surface area contributed by atoms with Crippen molar-refractivity contribution >= 4 is 0 Å². The number of nitrogens with zero attached hydrogens (tertiary/aromatic N) is 1. The summed E-state index contributed by atoms with van der Waals surface area (Å²) in [6, 6.07) is 5.28. The van der Waals surface area contributed by atoms with E-state index in [9.17, 15) is 9.50 Å². The zero-order chi connectivity index (χ0) is 13.3. The fourth-order valence-corrected chi connectivity index (χ4v) is 2.03. The predicted molar refractivity (Wildman–Crippen MR) is 68.9 cm³/mol. The van der Waals surface area contributed by atoms with E-state index in [1.165, 1.54) is 17.8 Å². The maximum atomic E-state index is 13.1. The molecule has 0 aliphatic heterocycles. The lowest BCUT2D eigenvalue weighted by atomic mass is 9.94. The van der Waals surface area contributed by atoms with Crippen molar-refractivity contribution in [3.05, 3.63) is 64.2 Å². The second-order valence-corrected chi connectivity index (χ2v) is 4.63. The van der Waals surface area contributed by atoms with Gasteiger partial charge in [0.2, 0.25) is 0 Å². The van der Waals surface area contributed by atoms with Gasteiger partial charge in [-0.05, 0) is 49.1 Å². The van der Waals surface area contributed by atoms with Gasteiger partial charge in [-0.15, -0.1) is 0 Å². The molecule has 1 N–H and O–H groups in total. The van der Waals surface area contributed by atoms with Crippen LogP contribution in [0.1, 0.15) is 33.9 Å². The molecule has 2 nitrogen and oxygen atoms in total. The molecular weight excluding hydrogens is 229 g/mol. The minimum atomic E-state index is -0.840. The molecule has 0 fully saturated rings. The number of halogens is 1. The Morgan fingerprint density at radius 2 is 1.67 bits per heavy atom. The average molecular weight is 245 g/mol. The lowest BCUT2D eigenvalue weighted by molar-refractivity contribution is 0.218. The molecule has 1 heterocycles. The molecule has 0 spiro atoms. The summed E-state index contributed by atoms with van der Waals surface area (Å²) in [5, 5.41) is 10.3. The molecular formula is C15H16FNO. The Kier molecular flexibility index (Phi) is 3.43. The zero-order valence-electron chi connectivity index (χ0n) is 10.7. The van der Waals surface area contributed by atoms with Gasteiger partial charge in [0.05, 0.1) is 6.20 Å². The number of rotatable bonds is 2. The molecule has 0 saturated heterocycles. The first-order valence-corrected chi connectivity index (χ1v) is 5.85. The van der Waals surface area contributed by atoms with Crippen molar-refractivity contribution in [1.82, 2.24) is 4.98 Å². The van der Waals surface area contributed by atoms with Crippen LogP contribution in [0.2, 0.25) is 0 Å². The lowest BCUT2D eigenvalue weighted by Crippen LogP contribution is -2.04. The predicted octanol–water partition coefficient (Wildman–Crippen LogP) is 3.23. The molecule has 0 amide bonds. The summed E-state index contributed by atoms with van der Waals surface area (Å²) < 4.78 is 13.1. The van der Waals surface area contributed by atoms with Gasteiger partial charge in [-0.25, -0.2) is 4.39 Å². The van der Waals surface area contributed by atoms with E-state index in [0.29, 0.717) is 5.56 Å². The van der Waals surface area contributed by atoms with Crippen molar-refractivity contribution in [1.29, 1.82) is 0 Å². The van der Waals surface area contributed by atoms with Crippen molar-refractivity contribution in [2.24, 2.45) is 0 Å². The summed E-state index contributed by atoms with van der Waals surface area (Å²) in [6.07, 6.45) is 1.78. The number of aryl methyl sites for hydroxylation is 3. The molecule has 2 aromatic rings. The van der Waals surface area contributed by atoms with Gasteiger partial charge < -0.3 is 5.11 Å². The van der Waals surface area contributed by atoms with E-state index in [1.54, 1.807) is 0 Å². The van der Waals surface area contributed by atoms with Gasteiger partial charge in [0, 0.05) is 11.8 Å². The molecule has 1 atom stereocenters. The Balaban J connectivity index is 2.46. The van der Waals surface area contributed by atoms with Crippen LogP contribution in [-0.2, 0) is 0 Å². The highest BCUT2D eigenvalue weighted by molar-refractivity contribution is 5.40. The number of hydrogen-bond acceptors (Lipinski definition) is 2. The second kappa shape index (κ2) is 4.86. The molecule has 1 unspecified atom stereocenters. The van der Waals surface area contributed by atoms with Gasteiger partial charge in [-0.2, -0.15) is 0 Å². The van der Waals surface area contributed by atoms with E-state index < -0.39 is 11.9 Å². The van der Waals surface area contributed by atoms with Crippen molar-refractivity contribution in [2.75, 3.05) is 0 Å². The minimum Gasteiger partial charge on any atom is -0.384 e. The smallest absolute Gasteiger partial charge is 0.141 e. The first-order valence-electron chi connectivity index (χ1n) is 5.85. The third-order valence-electron chi connectivity index (χ3n) is 3.22. The molecule has 0 saturated carbocycles. The van der Waals surface area contributed by atoms with Crippen LogP contribution in [0, 0.1) is 26.6 Å². The van der Waals surface area contributed by atoms with Crippen LogP contribution in [0.4, 0.5) is 4.39 Å². The first kappa shape index (κ1) is 12.7.